The molecule has 0 fully saturated rings. The number of hydrogen-bond acceptors (Lipinski definition) is 3. The molecule has 0 unspecified atom stereocenters. The molecule has 0 saturated carbocycles. The second kappa shape index (κ2) is 6.77. The molecule has 0 spiro atoms. The van der Waals surface area contributed by atoms with Crippen molar-refractivity contribution in [3.8, 4) is 0 Å². The van der Waals surface area contributed by atoms with Crippen molar-refractivity contribution in [2.75, 3.05) is 6.61 Å². The van der Waals surface area contributed by atoms with Crippen LogP contribution in [0.2, 0.25) is 0 Å². The maximum absolute atomic E-state index is 11.7. The molecule has 0 aromatic rings. The van der Waals surface area contributed by atoms with Crippen molar-refractivity contribution in [2.45, 2.75) is 20.8 Å². The minimum absolute atomic E-state index is 0.00523. The standard InChI is InChI=1S/C13H18O3/c1-6-11(7-2)12(10(5)14)13(15)16-8-9(3)4/h6-7,9H,1-2,8H2,3-5H3. The number of rotatable bonds is 6. The Morgan fingerprint density at radius 2 is 1.75 bits per heavy atom. The van der Waals surface area contributed by atoms with Gasteiger partial charge >= 0.3 is 5.97 Å². The zero-order valence-electron chi connectivity index (χ0n) is 10.1. The second-order valence-electron chi connectivity index (χ2n) is 3.79. The number of esters is 1. The van der Waals surface area contributed by atoms with Gasteiger partial charge in [0, 0.05) is 0 Å². The van der Waals surface area contributed by atoms with Gasteiger partial charge < -0.3 is 4.74 Å². The topological polar surface area (TPSA) is 43.4 Å². The average Bonchev–Trinajstić information content (AvgIpc) is 2.21. The summed E-state index contributed by atoms with van der Waals surface area (Å²) in [5.74, 6) is -0.729. The van der Waals surface area contributed by atoms with Crippen LogP contribution in [-0.4, -0.2) is 18.4 Å². The van der Waals surface area contributed by atoms with Crippen LogP contribution < -0.4 is 0 Å². The van der Waals surface area contributed by atoms with E-state index in [0.29, 0.717) is 5.57 Å². The van der Waals surface area contributed by atoms with E-state index in [1.807, 2.05) is 13.8 Å². The minimum atomic E-state index is -0.615. The van der Waals surface area contributed by atoms with Crippen molar-refractivity contribution in [2.24, 2.45) is 5.92 Å². The first-order valence-electron chi connectivity index (χ1n) is 5.11. The summed E-state index contributed by atoms with van der Waals surface area (Å²) in [6.07, 6.45) is 2.83. The number of ketones is 1. The fraction of sp³-hybridized carbons (Fsp3) is 0.385. The molecular weight excluding hydrogens is 204 g/mol. The van der Waals surface area contributed by atoms with Gasteiger partial charge in [-0.1, -0.05) is 39.2 Å². The van der Waals surface area contributed by atoms with E-state index < -0.39 is 5.97 Å². The molecule has 0 aromatic carbocycles. The molecule has 0 aliphatic carbocycles. The zero-order valence-corrected chi connectivity index (χ0v) is 10.1. The molecule has 0 aliphatic rings. The molecule has 0 amide bonds. The van der Waals surface area contributed by atoms with Gasteiger partial charge in [-0.3, -0.25) is 4.79 Å². The summed E-state index contributed by atoms with van der Waals surface area (Å²) < 4.78 is 5.00. The van der Waals surface area contributed by atoms with Crippen LogP contribution >= 0.6 is 0 Å². The largest absolute Gasteiger partial charge is 0.462 e. The Bertz CT molecular complexity index is 325. The molecule has 0 radical (unpaired) electrons. The van der Waals surface area contributed by atoms with E-state index in [9.17, 15) is 9.59 Å². The third-order valence-corrected chi connectivity index (χ3v) is 1.83. The highest BCUT2D eigenvalue weighted by Crippen LogP contribution is 2.11. The summed E-state index contributed by atoms with van der Waals surface area (Å²) in [6, 6.07) is 0. The van der Waals surface area contributed by atoms with Crippen LogP contribution in [0.3, 0.4) is 0 Å². The molecule has 16 heavy (non-hydrogen) atoms. The van der Waals surface area contributed by atoms with Crippen molar-refractivity contribution < 1.29 is 14.3 Å². The quantitative estimate of drug-likeness (QED) is 0.228. The van der Waals surface area contributed by atoms with Crippen LogP contribution in [0.25, 0.3) is 0 Å². The lowest BCUT2D eigenvalue weighted by Crippen LogP contribution is -2.17. The Morgan fingerprint density at radius 3 is 2.06 bits per heavy atom. The monoisotopic (exact) mass is 222 g/mol. The highest BCUT2D eigenvalue weighted by Gasteiger charge is 2.19. The molecule has 3 heteroatoms. The minimum Gasteiger partial charge on any atom is -0.462 e. The van der Waals surface area contributed by atoms with Crippen molar-refractivity contribution in [3.05, 3.63) is 36.5 Å². The Balaban J connectivity index is 5.01. The zero-order chi connectivity index (χ0) is 12.7. The lowest BCUT2D eigenvalue weighted by Gasteiger charge is -2.09. The molecule has 88 valence electrons. The normalized spacial score (nSPS) is 9.50. The summed E-state index contributed by atoms with van der Waals surface area (Å²) in [5, 5.41) is 0. The van der Waals surface area contributed by atoms with Gasteiger partial charge in [-0.25, -0.2) is 4.79 Å². The van der Waals surface area contributed by atoms with E-state index in [2.05, 4.69) is 13.2 Å². The third-order valence-electron chi connectivity index (χ3n) is 1.83. The predicted molar refractivity (Wildman–Crippen MR) is 63.9 cm³/mol. The molecule has 0 bridgehead atoms. The number of Topliss-reactive ketones (excluding diaryl/α,β-unsaturated/α-hetero) is 1. The molecule has 0 aromatic heterocycles. The molecule has 0 rings (SSSR count). The summed E-state index contributed by atoms with van der Waals surface area (Å²) in [5.41, 5.74) is 0.409. The van der Waals surface area contributed by atoms with Gasteiger partial charge in [-0.05, 0) is 18.4 Å². The Morgan fingerprint density at radius 1 is 1.25 bits per heavy atom. The van der Waals surface area contributed by atoms with Crippen LogP contribution in [0.15, 0.2) is 36.5 Å². The molecule has 0 heterocycles. The van der Waals surface area contributed by atoms with Crippen LogP contribution in [0.5, 0.6) is 0 Å². The number of allylic oxidation sites excluding steroid dienone is 3. The van der Waals surface area contributed by atoms with Crippen LogP contribution in [0, 0.1) is 5.92 Å². The number of hydrogen-bond donors (Lipinski definition) is 0. The SMILES string of the molecule is C=CC(C=C)=C(C(C)=O)C(=O)OCC(C)C. The Labute approximate surface area is 96.5 Å². The Kier molecular flexibility index (Phi) is 6.08. The Hall–Kier alpha value is -1.64. The molecular formula is C13H18O3. The van der Waals surface area contributed by atoms with Crippen molar-refractivity contribution in [3.63, 3.8) is 0 Å². The number of carbonyl (C=O) groups excluding carboxylic acids is 2. The summed E-state index contributed by atoms with van der Waals surface area (Å²) >= 11 is 0. The average molecular weight is 222 g/mol. The van der Waals surface area contributed by atoms with E-state index >= 15 is 0 Å². The first kappa shape index (κ1) is 14.4. The van der Waals surface area contributed by atoms with E-state index in [1.165, 1.54) is 19.1 Å². The highest BCUT2D eigenvalue weighted by atomic mass is 16.5. The molecule has 0 saturated heterocycles. The predicted octanol–water partition coefficient (Wildman–Crippen LogP) is 2.44. The molecule has 0 atom stereocenters. The van der Waals surface area contributed by atoms with Gasteiger partial charge in [-0.15, -0.1) is 0 Å². The van der Waals surface area contributed by atoms with Gasteiger partial charge in [0.2, 0.25) is 0 Å². The maximum Gasteiger partial charge on any atom is 0.342 e. The number of ether oxygens (including phenoxy) is 1. The van der Waals surface area contributed by atoms with Crippen LogP contribution in [0.4, 0.5) is 0 Å². The van der Waals surface area contributed by atoms with Gasteiger partial charge in [0.15, 0.2) is 5.78 Å². The molecule has 0 aliphatic heterocycles. The van der Waals surface area contributed by atoms with E-state index in [4.69, 9.17) is 4.74 Å². The van der Waals surface area contributed by atoms with E-state index in [-0.39, 0.29) is 23.9 Å². The first-order chi connectivity index (χ1) is 7.43. The molecule has 0 N–H and O–H groups in total. The van der Waals surface area contributed by atoms with Gasteiger partial charge in [0.25, 0.3) is 0 Å². The van der Waals surface area contributed by atoms with Crippen molar-refractivity contribution >= 4 is 11.8 Å². The molecule has 3 nitrogen and oxygen atoms in total. The fourth-order valence-corrected chi connectivity index (χ4v) is 1.07. The van der Waals surface area contributed by atoms with Crippen molar-refractivity contribution in [1.29, 1.82) is 0 Å². The van der Waals surface area contributed by atoms with Crippen molar-refractivity contribution in [1.82, 2.24) is 0 Å². The van der Waals surface area contributed by atoms with Gasteiger partial charge in [0.1, 0.15) is 5.57 Å². The first-order valence-corrected chi connectivity index (χ1v) is 5.11. The lowest BCUT2D eigenvalue weighted by atomic mass is 10.1. The van der Waals surface area contributed by atoms with E-state index in [0.717, 1.165) is 0 Å². The highest BCUT2D eigenvalue weighted by molar-refractivity contribution is 6.17. The third kappa shape index (κ3) is 4.26. The van der Waals surface area contributed by atoms with Crippen LogP contribution in [0.1, 0.15) is 20.8 Å². The maximum atomic E-state index is 11.7. The van der Waals surface area contributed by atoms with Gasteiger partial charge in [0.05, 0.1) is 6.61 Å². The summed E-state index contributed by atoms with van der Waals surface area (Å²) in [4.78, 5) is 23.0. The summed E-state index contributed by atoms with van der Waals surface area (Å²) in [7, 11) is 0. The van der Waals surface area contributed by atoms with Crippen LogP contribution in [-0.2, 0) is 14.3 Å². The summed E-state index contributed by atoms with van der Waals surface area (Å²) in [6.45, 7) is 12.5. The lowest BCUT2D eigenvalue weighted by molar-refractivity contribution is -0.141. The smallest absolute Gasteiger partial charge is 0.342 e. The second-order valence-corrected chi connectivity index (χ2v) is 3.79. The number of carbonyl (C=O) groups is 2. The fourth-order valence-electron chi connectivity index (χ4n) is 1.07. The van der Waals surface area contributed by atoms with E-state index in [1.54, 1.807) is 0 Å². The van der Waals surface area contributed by atoms with Gasteiger partial charge in [-0.2, -0.15) is 0 Å².